The van der Waals surface area contributed by atoms with E-state index in [1.165, 1.54) is 0 Å². The van der Waals surface area contributed by atoms with Crippen LogP contribution in [0.25, 0.3) is 0 Å². The van der Waals surface area contributed by atoms with Crippen molar-refractivity contribution in [3.05, 3.63) is 29.3 Å². The highest BCUT2D eigenvalue weighted by atomic mass is 16.5. The summed E-state index contributed by atoms with van der Waals surface area (Å²) >= 11 is 0. The molecule has 7 nitrogen and oxygen atoms in total. The van der Waals surface area contributed by atoms with Crippen molar-refractivity contribution < 1.29 is 24.3 Å². The number of fused-ring (bicyclic) bond motifs is 1. The molecule has 1 heterocycles. The van der Waals surface area contributed by atoms with Crippen LogP contribution in [0, 0.1) is 5.92 Å². The Morgan fingerprint density at radius 3 is 2.79 bits per heavy atom. The standard InChI is InChI=1S/C17H22N2O5/c1-10-9-24-15-7-11(16(20)18-22)3-4-12(15)8-19(10)17(21)13-5-14(6-13)23-2/h3-4,7,10,13-14,22H,5-6,8-9H2,1-2H3,(H,18,20)/t10-,13-,14+/m0/s1. The van der Waals surface area contributed by atoms with Crippen LogP contribution in [0.4, 0.5) is 0 Å². The molecule has 1 atom stereocenters. The van der Waals surface area contributed by atoms with E-state index in [1.54, 1.807) is 30.8 Å². The zero-order valence-electron chi connectivity index (χ0n) is 13.8. The van der Waals surface area contributed by atoms with E-state index >= 15 is 0 Å². The van der Waals surface area contributed by atoms with Crippen LogP contribution in [0.15, 0.2) is 18.2 Å². The molecule has 0 unspecified atom stereocenters. The van der Waals surface area contributed by atoms with Gasteiger partial charge in [-0.1, -0.05) is 6.07 Å². The van der Waals surface area contributed by atoms with Gasteiger partial charge in [0.05, 0.1) is 12.1 Å². The minimum Gasteiger partial charge on any atom is -0.491 e. The van der Waals surface area contributed by atoms with Gasteiger partial charge in [-0.3, -0.25) is 14.8 Å². The lowest BCUT2D eigenvalue weighted by atomic mass is 9.81. The molecular formula is C17H22N2O5. The van der Waals surface area contributed by atoms with Gasteiger partial charge in [0.2, 0.25) is 5.91 Å². The molecule has 2 aliphatic rings. The van der Waals surface area contributed by atoms with Crippen LogP contribution in [-0.2, 0) is 16.1 Å². The van der Waals surface area contributed by atoms with Crippen molar-refractivity contribution in [2.45, 2.75) is 38.5 Å². The molecule has 0 bridgehead atoms. The molecule has 3 rings (SSSR count). The third kappa shape index (κ3) is 3.09. The molecule has 1 aromatic carbocycles. The van der Waals surface area contributed by atoms with E-state index in [4.69, 9.17) is 14.7 Å². The van der Waals surface area contributed by atoms with Crippen LogP contribution in [0.2, 0.25) is 0 Å². The molecule has 24 heavy (non-hydrogen) atoms. The third-order valence-electron chi connectivity index (χ3n) is 4.84. The minimum absolute atomic E-state index is 0.0124. The van der Waals surface area contributed by atoms with Gasteiger partial charge in [0.1, 0.15) is 12.4 Å². The smallest absolute Gasteiger partial charge is 0.274 e. The summed E-state index contributed by atoms with van der Waals surface area (Å²) in [7, 11) is 1.67. The van der Waals surface area contributed by atoms with Crippen LogP contribution in [-0.4, -0.2) is 47.8 Å². The Kier molecular flexibility index (Phi) is 4.73. The summed E-state index contributed by atoms with van der Waals surface area (Å²) < 4.78 is 11.0. The van der Waals surface area contributed by atoms with E-state index in [0.717, 1.165) is 18.4 Å². The van der Waals surface area contributed by atoms with Crippen LogP contribution < -0.4 is 10.2 Å². The Morgan fingerprint density at radius 1 is 1.38 bits per heavy atom. The van der Waals surface area contributed by atoms with E-state index in [1.807, 2.05) is 11.8 Å². The molecule has 1 saturated carbocycles. The summed E-state index contributed by atoms with van der Waals surface area (Å²) in [5, 5.41) is 8.74. The van der Waals surface area contributed by atoms with Crippen molar-refractivity contribution in [3.8, 4) is 5.75 Å². The predicted molar refractivity (Wildman–Crippen MR) is 84.7 cm³/mol. The van der Waals surface area contributed by atoms with Gasteiger partial charge in [-0.25, -0.2) is 5.48 Å². The van der Waals surface area contributed by atoms with Gasteiger partial charge < -0.3 is 14.4 Å². The number of benzene rings is 1. The molecule has 0 radical (unpaired) electrons. The quantitative estimate of drug-likeness (QED) is 0.643. The normalized spacial score (nSPS) is 25.8. The van der Waals surface area contributed by atoms with Gasteiger partial charge in [0, 0.05) is 30.7 Å². The lowest BCUT2D eigenvalue weighted by molar-refractivity contribution is -0.146. The van der Waals surface area contributed by atoms with Gasteiger partial charge in [-0.05, 0) is 31.9 Å². The molecule has 130 valence electrons. The summed E-state index contributed by atoms with van der Waals surface area (Å²) in [5.41, 5.74) is 2.77. The fraction of sp³-hybridized carbons (Fsp3) is 0.529. The molecule has 0 spiro atoms. The molecule has 1 aliphatic carbocycles. The second kappa shape index (κ2) is 6.78. The first-order valence-corrected chi connectivity index (χ1v) is 8.07. The van der Waals surface area contributed by atoms with Crippen molar-refractivity contribution >= 4 is 11.8 Å². The summed E-state index contributed by atoms with van der Waals surface area (Å²) in [4.78, 5) is 26.1. The van der Waals surface area contributed by atoms with Gasteiger partial charge >= 0.3 is 0 Å². The molecule has 0 aromatic heterocycles. The van der Waals surface area contributed by atoms with E-state index in [-0.39, 0.29) is 24.0 Å². The lowest BCUT2D eigenvalue weighted by Gasteiger charge is -2.38. The van der Waals surface area contributed by atoms with E-state index < -0.39 is 5.91 Å². The van der Waals surface area contributed by atoms with Crippen LogP contribution in [0.5, 0.6) is 5.75 Å². The summed E-state index contributed by atoms with van der Waals surface area (Å²) in [6, 6.07) is 4.90. The maximum atomic E-state index is 12.8. The summed E-state index contributed by atoms with van der Waals surface area (Å²) in [5.74, 6) is 0.121. The third-order valence-corrected chi connectivity index (χ3v) is 4.84. The van der Waals surface area contributed by atoms with Crippen LogP contribution >= 0.6 is 0 Å². The highest BCUT2D eigenvalue weighted by Gasteiger charge is 2.39. The Hall–Kier alpha value is -2.12. The molecule has 1 aromatic rings. The summed E-state index contributed by atoms with van der Waals surface area (Å²) in [6.45, 7) is 2.77. The Balaban J connectivity index is 1.77. The number of nitrogens with one attached hydrogen (secondary N) is 1. The SMILES string of the molecule is CO[C@H]1C[C@@H](C(=O)N2Cc3ccc(C(=O)NO)cc3OC[C@@H]2C)C1. The van der Waals surface area contributed by atoms with Crippen molar-refractivity contribution in [1.29, 1.82) is 0 Å². The first-order valence-electron chi connectivity index (χ1n) is 8.07. The average Bonchev–Trinajstić information content (AvgIpc) is 2.72. The summed E-state index contributed by atoms with van der Waals surface area (Å²) in [6.07, 6.45) is 1.72. The molecule has 0 saturated heterocycles. The van der Waals surface area contributed by atoms with E-state index in [0.29, 0.717) is 24.5 Å². The number of hydroxylamine groups is 1. The predicted octanol–water partition coefficient (Wildman–Crippen LogP) is 1.34. The van der Waals surface area contributed by atoms with Crippen LogP contribution in [0.1, 0.15) is 35.7 Å². The first-order chi connectivity index (χ1) is 11.5. The first kappa shape index (κ1) is 16.7. The van der Waals surface area contributed by atoms with Crippen molar-refractivity contribution in [2.75, 3.05) is 13.7 Å². The number of carbonyl (C=O) groups excluding carboxylic acids is 2. The topological polar surface area (TPSA) is 88.1 Å². The molecule has 2 N–H and O–H groups in total. The number of nitrogens with zero attached hydrogens (tertiary/aromatic N) is 1. The maximum absolute atomic E-state index is 12.8. The van der Waals surface area contributed by atoms with Crippen LogP contribution in [0.3, 0.4) is 0 Å². The molecule has 1 fully saturated rings. The van der Waals surface area contributed by atoms with Gasteiger partial charge in [0.25, 0.3) is 5.91 Å². The number of amides is 2. The van der Waals surface area contributed by atoms with Crippen molar-refractivity contribution in [1.82, 2.24) is 10.4 Å². The Morgan fingerprint density at radius 2 is 2.12 bits per heavy atom. The van der Waals surface area contributed by atoms with Gasteiger partial charge in [0.15, 0.2) is 0 Å². The lowest BCUT2D eigenvalue weighted by Crippen LogP contribution is -2.48. The number of rotatable bonds is 3. The van der Waals surface area contributed by atoms with Crippen molar-refractivity contribution in [2.24, 2.45) is 5.92 Å². The fourth-order valence-corrected chi connectivity index (χ4v) is 3.15. The maximum Gasteiger partial charge on any atom is 0.274 e. The monoisotopic (exact) mass is 334 g/mol. The molecule has 1 aliphatic heterocycles. The molecule has 7 heteroatoms. The molecular weight excluding hydrogens is 312 g/mol. The van der Waals surface area contributed by atoms with E-state index in [9.17, 15) is 9.59 Å². The number of methoxy groups -OCH3 is 1. The fourth-order valence-electron chi connectivity index (χ4n) is 3.15. The largest absolute Gasteiger partial charge is 0.491 e. The molecule has 2 amide bonds. The minimum atomic E-state index is -0.591. The Labute approximate surface area is 140 Å². The van der Waals surface area contributed by atoms with Gasteiger partial charge in [-0.2, -0.15) is 0 Å². The zero-order chi connectivity index (χ0) is 17.3. The highest BCUT2D eigenvalue weighted by Crippen LogP contribution is 2.34. The highest BCUT2D eigenvalue weighted by molar-refractivity contribution is 5.93. The number of hydrogen-bond donors (Lipinski definition) is 2. The van der Waals surface area contributed by atoms with Gasteiger partial charge in [-0.15, -0.1) is 0 Å². The average molecular weight is 334 g/mol. The zero-order valence-corrected chi connectivity index (χ0v) is 13.8. The number of hydrogen-bond acceptors (Lipinski definition) is 5. The number of ether oxygens (including phenoxy) is 2. The second-order valence-corrected chi connectivity index (χ2v) is 6.42. The second-order valence-electron chi connectivity index (χ2n) is 6.42. The Bertz CT molecular complexity index is 642. The van der Waals surface area contributed by atoms with E-state index in [2.05, 4.69) is 0 Å². The number of carbonyl (C=O) groups is 2. The van der Waals surface area contributed by atoms with Crippen molar-refractivity contribution in [3.63, 3.8) is 0 Å².